The molecule has 0 aliphatic heterocycles. The van der Waals surface area contributed by atoms with Crippen LogP contribution < -0.4 is 5.32 Å². The summed E-state index contributed by atoms with van der Waals surface area (Å²) in [6.07, 6.45) is 1.03. The number of aromatic amines is 1. The number of ether oxygens (including phenoxy) is 2. The summed E-state index contributed by atoms with van der Waals surface area (Å²) >= 11 is 0. The van der Waals surface area contributed by atoms with Crippen molar-refractivity contribution in [2.45, 2.75) is 52.7 Å². The molecule has 0 bridgehead atoms. The van der Waals surface area contributed by atoms with Gasteiger partial charge in [-0.05, 0) is 46.1 Å². The summed E-state index contributed by atoms with van der Waals surface area (Å²) in [5, 5.41) is 2.78. The molecular weight excluding hydrogens is 300 g/mol. The molecular formula is C16H22N2O5. The third-order valence-electron chi connectivity index (χ3n) is 3.70. The lowest BCUT2D eigenvalue weighted by Crippen LogP contribution is -2.37. The van der Waals surface area contributed by atoms with E-state index < -0.39 is 18.0 Å². The molecule has 7 nitrogen and oxygen atoms in total. The molecule has 1 aliphatic rings. The van der Waals surface area contributed by atoms with E-state index in [1.807, 2.05) is 0 Å². The summed E-state index contributed by atoms with van der Waals surface area (Å²) in [6, 6.07) is 0.202. The Kier molecular flexibility index (Phi) is 5.08. The predicted molar refractivity (Wildman–Crippen MR) is 82.3 cm³/mol. The molecule has 0 unspecified atom stereocenters. The number of amides is 1. The fraction of sp³-hybridized carbons (Fsp3) is 0.562. The molecule has 126 valence electrons. The van der Waals surface area contributed by atoms with Crippen molar-refractivity contribution >= 4 is 17.8 Å². The summed E-state index contributed by atoms with van der Waals surface area (Å²) in [4.78, 5) is 38.8. The van der Waals surface area contributed by atoms with Crippen LogP contribution in [0.5, 0.6) is 0 Å². The van der Waals surface area contributed by atoms with E-state index in [4.69, 9.17) is 9.47 Å². The Morgan fingerprint density at radius 2 is 1.91 bits per heavy atom. The highest BCUT2D eigenvalue weighted by Crippen LogP contribution is 2.21. The Labute approximate surface area is 134 Å². The summed E-state index contributed by atoms with van der Waals surface area (Å²) in [5.41, 5.74) is 1.48. The van der Waals surface area contributed by atoms with E-state index in [2.05, 4.69) is 10.3 Å². The number of hydrogen-bond donors (Lipinski definition) is 2. The van der Waals surface area contributed by atoms with E-state index in [0.29, 0.717) is 16.8 Å². The normalized spacial score (nSPS) is 15.0. The van der Waals surface area contributed by atoms with Crippen LogP contribution in [-0.2, 0) is 14.3 Å². The van der Waals surface area contributed by atoms with Crippen molar-refractivity contribution in [3.63, 3.8) is 0 Å². The molecule has 1 fully saturated rings. The van der Waals surface area contributed by atoms with Crippen molar-refractivity contribution in [1.82, 2.24) is 10.3 Å². The smallest absolute Gasteiger partial charge is 0.355 e. The number of aryl methyl sites for hydroxylation is 1. The maximum absolute atomic E-state index is 12.2. The quantitative estimate of drug-likeness (QED) is 0.776. The van der Waals surface area contributed by atoms with Gasteiger partial charge >= 0.3 is 11.9 Å². The van der Waals surface area contributed by atoms with E-state index in [0.717, 1.165) is 12.8 Å². The zero-order valence-electron chi connectivity index (χ0n) is 13.8. The molecule has 1 aliphatic carbocycles. The van der Waals surface area contributed by atoms with E-state index >= 15 is 0 Å². The van der Waals surface area contributed by atoms with Crippen molar-refractivity contribution in [2.75, 3.05) is 6.61 Å². The number of rotatable bonds is 6. The second-order valence-electron chi connectivity index (χ2n) is 5.68. The lowest BCUT2D eigenvalue weighted by molar-refractivity contribution is -0.129. The predicted octanol–water partition coefficient (Wildman–Crippen LogP) is 1.63. The maximum atomic E-state index is 12.2. The number of aromatic nitrogens is 1. The van der Waals surface area contributed by atoms with Gasteiger partial charge in [-0.25, -0.2) is 9.59 Å². The molecule has 0 saturated heterocycles. The first-order chi connectivity index (χ1) is 10.8. The van der Waals surface area contributed by atoms with Gasteiger partial charge in [-0.15, -0.1) is 0 Å². The Balaban J connectivity index is 2.08. The second-order valence-corrected chi connectivity index (χ2v) is 5.68. The highest BCUT2D eigenvalue weighted by Gasteiger charge is 2.29. The molecule has 2 N–H and O–H groups in total. The van der Waals surface area contributed by atoms with Gasteiger partial charge in [-0.3, -0.25) is 4.79 Å². The first kappa shape index (κ1) is 17.1. The Morgan fingerprint density at radius 3 is 2.48 bits per heavy atom. The monoisotopic (exact) mass is 322 g/mol. The van der Waals surface area contributed by atoms with E-state index in [-0.39, 0.29) is 24.2 Å². The number of hydrogen-bond acceptors (Lipinski definition) is 5. The van der Waals surface area contributed by atoms with Gasteiger partial charge in [0.15, 0.2) is 6.10 Å². The fourth-order valence-electron chi connectivity index (χ4n) is 2.28. The van der Waals surface area contributed by atoms with Crippen molar-refractivity contribution in [1.29, 1.82) is 0 Å². The van der Waals surface area contributed by atoms with Crippen molar-refractivity contribution in [2.24, 2.45) is 0 Å². The van der Waals surface area contributed by atoms with Gasteiger partial charge in [0.05, 0.1) is 12.2 Å². The van der Waals surface area contributed by atoms with E-state index in [1.165, 1.54) is 6.92 Å². The number of carbonyl (C=O) groups excluding carboxylic acids is 3. The fourth-order valence-corrected chi connectivity index (χ4v) is 2.28. The molecule has 0 spiro atoms. The third-order valence-corrected chi connectivity index (χ3v) is 3.70. The van der Waals surface area contributed by atoms with Crippen LogP contribution in [-0.4, -0.2) is 41.6 Å². The first-order valence-corrected chi connectivity index (χ1v) is 7.72. The molecule has 23 heavy (non-hydrogen) atoms. The molecule has 1 heterocycles. The standard InChI is InChI=1S/C16H22N2O5/c1-5-22-15(20)12-8(2)13(17-9(12)3)16(21)23-10(4)14(19)18-11-6-7-11/h10-11,17H,5-7H2,1-4H3,(H,18,19)/t10-/m1/s1. The van der Waals surface area contributed by atoms with Gasteiger partial charge in [0, 0.05) is 11.7 Å². The molecule has 1 amide bonds. The Bertz CT molecular complexity index is 631. The molecule has 0 radical (unpaired) electrons. The van der Waals surface area contributed by atoms with Crippen LogP contribution in [0.1, 0.15) is 58.8 Å². The van der Waals surface area contributed by atoms with Crippen LogP contribution in [0.2, 0.25) is 0 Å². The summed E-state index contributed by atoms with van der Waals surface area (Å²) in [7, 11) is 0. The zero-order valence-corrected chi connectivity index (χ0v) is 13.8. The topological polar surface area (TPSA) is 97.5 Å². The Hall–Kier alpha value is -2.31. The van der Waals surface area contributed by atoms with E-state index in [9.17, 15) is 14.4 Å². The van der Waals surface area contributed by atoms with Crippen LogP contribution in [0.15, 0.2) is 0 Å². The Morgan fingerprint density at radius 1 is 1.26 bits per heavy atom. The van der Waals surface area contributed by atoms with Gasteiger partial charge in [0.2, 0.25) is 0 Å². The summed E-state index contributed by atoms with van der Waals surface area (Å²) in [5.74, 6) is -1.47. The third kappa shape index (κ3) is 3.91. The number of carbonyl (C=O) groups is 3. The minimum Gasteiger partial charge on any atom is -0.462 e. The van der Waals surface area contributed by atoms with E-state index in [1.54, 1.807) is 20.8 Å². The van der Waals surface area contributed by atoms with Gasteiger partial charge < -0.3 is 19.8 Å². The zero-order chi connectivity index (χ0) is 17.1. The molecule has 0 aromatic carbocycles. The molecule has 2 rings (SSSR count). The van der Waals surface area contributed by atoms with Crippen LogP contribution >= 0.6 is 0 Å². The number of H-pyrrole nitrogens is 1. The molecule has 1 aromatic rings. The maximum Gasteiger partial charge on any atom is 0.355 e. The molecule has 7 heteroatoms. The van der Waals surface area contributed by atoms with Crippen LogP contribution in [0, 0.1) is 13.8 Å². The lowest BCUT2D eigenvalue weighted by atomic mass is 10.1. The van der Waals surface area contributed by atoms with Gasteiger partial charge in [-0.2, -0.15) is 0 Å². The molecule has 1 saturated carbocycles. The lowest BCUT2D eigenvalue weighted by Gasteiger charge is -2.13. The second kappa shape index (κ2) is 6.85. The largest absolute Gasteiger partial charge is 0.462 e. The highest BCUT2D eigenvalue weighted by molar-refractivity contribution is 5.99. The van der Waals surface area contributed by atoms with Crippen molar-refractivity contribution < 1.29 is 23.9 Å². The van der Waals surface area contributed by atoms with Gasteiger partial charge in [-0.1, -0.05) is 0 Å². The number of esters is 2. The van der Waals surface area contributed by atoms with Crippen LogP contribution in [0.25, 0.3) is 0 Å². The highest BCUT2D eigenvalue weighted by atomic mass is 16.5. The van der Waals surface area contributed by atoms with Crippen LogP contribution in [0.4, 0.5) is 0 Å². The van der Waals surface area contributed by atoms with Crippen molar-refractivity contribution in [3.05, 3.63) is 22.5 Å². The average Bonchev–Trinajstić information content (AvgIpc) is 3.23. The minimum atomic E-state index is -0.892. The van der Waals surface area contributed by atoms with Crippen LogP contribution in [0.3, 0.4) is 0 Å². The molecule has 1 aromatic heterocycles. The van der Waals surface area contributed by atoms with Gasteiger partial charge in [0.1, 0.15) is 5.69 Å². The first-order valence-electron chi connectivity index (χ1n) is 7.72. The van der Waals surface area contributed by atoms with Crippen molar-refractivity contribution in [3.8, 4) is 0 Å². The minimum absolute atomic E-state index is 0.164. The molecule has 1 atom stereocenters. The average molecular weight is 322 g/mol. The van der Waals surface area contributed by atoms with Gasteiger partial charge in [0.25, 0.3) is 5.91 Å². The number of nitrogens with one attached hydrogen (secondary N) is 2. The summed E-state index contributed by atoms with van der Waals surface area (Å²) in [6.45, 7) is 6.80. The summed E-state index contributed by atoms with van der Waals surface area (Å²) < 4.78 is 10.2. The SMILES string of the molecule is CCOC(=O)c1c(C)[nH]c(C(=O)O[C@H](C)C(=O)NC2CC2)c1C.